The summed E-state index contributed by atoms with van der Waals surface area (Å²) in [5.41, 5.74) is 0.939. The molecule has 230 valence electrons. The summed E-state index contributed by atoms with van der Waals surface area (Å²) in [6, 6.07) is 10.8. The fourth-order valence-electron chi connectivity index (χ4n) is 6.57. The minimum absolute atomic E-state index is 0.0425. The molecule has 1 aliphatic carbocycles. The number of rotatable bonds is 6. The summed E-state index contributed by atoms with van der Waals surface area (Å²) >= 11 is 0. The van der Waals surface area contributed by atoms with Crippen molar-refractivity contribution in [2.45, 2.75) is 56.0 Å². The Morgan fingerprint density at radius 3 is 2.80 bits per heavy atom. The molecule has 4 atom stereocenters. The summed E-state index contributed by atoms with van der Waals surface area (Å²) in [6.07, 6.45) is -0.745. The lowest BCUT2D eigenvalue weighted by Gasteiger charge is -2.38. The number of nitrogens with zero attached hydrogens (tertiary/aromatic N) is 3. The SMILES string of the molecule is CN(C)C1CCCN(c2ccc(C(=O)N[C@@H]3C4Oc5ccc(Oc6ccnc7c6CCC(=O)N7)cc5C43)cc2C(F)(F)F)C1. The van der Waals surface area contributed by atoms with Gasteiger partial charge in [0.25, 0.3) is 5.91 Å². The molecule has 0 radical (unpaired) electrons. The molecule has 2 fully saturated rings. The Kier molecular flexibility index (Phi) is 6.91. The Hall–Kier alpha value is -4.32. The number of likely N-dealkylation sites (N-methyl/N-ethyl adjacent to an activating group) is 1. The molecule has 7 rings (SSSR count). The molecule has 1 saturated heterocycles. The highest BCUT2D eigenvalue weighted by Crippen LogP contribution is 2.55. The third-order valence-electron chi connectivity index (χ3n) is 8.99. The Morgan fingerprint density at radius 1 is 1.16 bits per heavy atom. The van der Waals surface area contributed by atoms with Gasteiger partial charge in [0.1, 0.15) is 29.2 Å². The molecule has 0 spiro atoms. The third kappa shape index (κ3) is 5.21. The summed E-state index contributed by atoms with van der Waals surface area (Å²) in [7, 11) is 3.87. The molecule has 0 bridgehead atoms. The van der Waals surface area contributed by atoms with Gasteiger partial charge >= 0.3 is 6.18 Å². The molecule has 3 aliphatic heterocycles. The van der Waals surface area contributed by atoms with Gasteiger partial charge in [-0.3, -0.25) is 9.59 Å². The predicted octanol–water partition coefficient (Wildman–Crippen LogP) is 4.96. The van der Waals surface area contributed by atoms with Gasteiger partial charge in [0.05, 0.1) is 17.5 Å². The van der Waals surface area contributed by atoms with Gasteiger partial charge in [0.2, 0.25) is 5.91 Å². The monoisotopic (exact) mass is 607 g/mol. The van der Waals surface area contributed by atoms with Crippen LogP contribution in [0.1, 0.15) is 52.2 Å². The van der Waals surface area contributed by atoms with Crippen LogP contribution in [0.4, 0.5) is 24.7 Å². The van der Waals surface area contributed by atoms with Gasteiger partial charge in [-0.15, -0.1) is 0 Å². The number of fused-ring (bicyclic) bond motifs is 4. The van der Waals surface area contributed by atoms with Crippen molar-refractivity contribution in [1.82, 2.24) is 15.2 Å². The van der Waals surface area contributed by atoms with Crippen molar-refractivity contribution in [2.24, 2.45) is 0 Å². The fourth-order valence-corrected chi connectivity index (χ4v) is 6.57. The number of ether oxygens (including phenoxy) is 2. The fraction of sp³-hybridized carbons (Fsp3) is 0.406. The first-order valence-electron chi connectivity index (χ1n) is 14.8. The van der Waals surface area contributed by atoms with Gasteiger partial charge < -0.3 is 29.9 Å². The quantitative estimate of drug-likeness (QED) is 0.409. The summed E-state index contributed by atoms with van der Waals surface area (Å²) in [6.45, 7) is 1.03. The lowest BCUT2D eigenvalue weighted by molar-refractivity contribution is -0.137. The van der Waals surface area contributed by atoms with Gasteiger partial charge in [0.15, 0.2) is 0 Å². The van der Waals surface area contributed by atoms with E-state index >= 15 is 0 Å². The molecule has 9 nitrogen and oxygen atoms in total. The molecule has 44 heavy (non-hydrogen) atoms. The van der Waals surface area contributed by atoms with Crippen molar-refractivity contribution in [3.63, 3.8) is 0 Å². The zero-order valence-electron chi connectivity index (χ0n) is 24.3. The smallest absolute Gasteiger partial charge is 0.418 e. The van der Waals surface area contributed by atoms with Crippen molar-refractivity contribution >= 4 is 23.3 Å². The third-order valence-corrected chi connectivity index (χ3v) is 8.99. The summed E-state index contributed by atoms with van der Waals surface area (Å²) in [5, 5.41) is 5.65. The minimum Gasteiger partial charge on any atom is -0.487 e. The van der Waals surface area contributed by atoms with Crippen LogP contribution in [0.2, 0.25) is 0 Å². The van der Waals surface area contributed by atoms with E-state index in [1.807, 2.05) is 25.1 Å². The summed E-state index contributed by atoms with van der Waals surface area (Å²) in [4.78, 5) is 33.0. The van der Waals surface area contributed by atoms with Crippen LogP contribution in [0.3, 0.4) is 0 Å². The van der Waals surface area contributed by atoms with Crippen LogP contribution in [0.25, 0.3) is 0 Å². The van der Waals surface area contributed by atoms with E-state index in [9.17, 15) is 22.8 Å². The van der Waals surface area contributed by atoms with Gasteiger partial charge in [-0.25, -0.2) is 4.98 Å². The molecule has 1 aromatic heterocycles. The second-order valence-electron chi connectivity index (χ2n) is 12.0. The van der Waals surface area contributed by atoms with Crippen LogP contribution < -0.4 is 25.0 Å². The van der Waals surface area contributed by atoms with Crippen LogP contribution in [0.5, 0.6) is 17.2 Å². The Labute approximate surface area is 252 Å². The van der Waals surface area contributed by atoms with Gasteiger partial charge in [-0.2, -0.15) is 13.2 Å². The number of hydrogen-bond acceptors (Lipinski definition) is 7. The predicted molar refractivity (Wildman–Crippen MR) is 156 cm³/mol. The lowest BCUT2D eigenvalue weighted by Crippen LogP contribution is -2.45. The summed E-state index contributed by atoms with van der Waals surface area (Å²) < 4.78 is 54.8. The summed E-state index contributed by atoms with van der Waals surface area (Å²) in [5.74, 6) is 1.53. The van der Waals surface area contributed by atoms with Crippen LogP contribution in [-0.2, 0) is 17.4 Å². The zero-order valence-corrected chi connectivity index (χ0v) is 24.3. The molecule has 1 saturated carbocycles. The van der Waals surface area contributed by atoms with Crippen molar-refractivity contribution < 1.29 is 32.2 Å². The van der Waals surface area contributed by atoms with Crippen LogP contribution in [0.15, 0.2) is 48.7 Å². The molecule has 2 N–H and O–H groups in total. The standard InChI is InChI=1S/C32H32F3N5O4/c1-39(2)18-4-3-13-40(16-18)23-8-5-17(14-22(23)32(33,34)35)31(42)38-28-27-21-15-19(6-9-24(21)44-29(27)28)43-25-11-12-36-30-20(25)7-10-26(41)37-30/h5-6,8-9,11-12,14-15,18,27-29H,3-4,7,10,13,16H2,1-2H3,(H,38,42)(H,36,37,41)/t18?,27?,28-,29?/m0/s1. The van der Waals surface area contributed by atoms with Gasteiger partial charge in [-0.05, 0) is 75.8 Å². The number of aromatic nitrogens is 1. The highest BCUT2D eigenvalue weighted by Gasteiger charge is 2.59. The largest absolute Gasteiger partial charge is 0.487 e. The Morgan fingerprint density at radius 2 is 2.00 bits per heavy atom. The first-order valence-corrected chi connectivity index (χ1v) is 14.8. The van der Waals surface area contributed by atoms with Crippen LogP contribution in [-0.4, -0.2) is 67.1 Å². The number of alkyl halides is 3. The molecule has 2 amide bonds. The second kappa shape index (κ2) is 10.7. The number of amides is 2. The van der Waals surface area contributed by atoms with Gasteiger partial charge in [-0.1, -0.05) is 0 Å². The number of carbonyl (C=O) groups is 2. The number of piperidine rings is 1. The number of benzene rings is 2. The minimum atomic E-state index is -4.61. The van der Waals surface area contributed by atoms with Crippen LogP contribution in [0, 0.1) is 0 Å². The van der Waals surface area contributed by atoms with Crippen molar-refractivity contribution in [3.8, 4) is 17.2 Å². The maximum atomic E-state index is 14.2. The zero-order chi connectivity index (χ0) is 30.7. The molecular formula is C32H32F3N5O4. The average molecular weight is 608 g/mol. The number of pyridine rings is 1. The van der Waals surface area contributed by atoms with E-state index in [1.165, 1.54) is 12.1 Å². The molecule has 2 aromatic carbocycles. The maximum Gasteiger partial charge on any atom is 0.418 e. The normalized spacial score (nSPS) is 23.7. The Balaban J connectivity index is 1.06. The van der Waals surface area contributed by atoms with E-state index in [2.05, 4.69) is 15.6 Å². The first kappa shape index (κ1) is 28.5. The van der Waals surface area contributed by atoms with Crippen LogP contribution >= 0.6 is 0 Å². The molecule has 12 heteroatoms. The van der Waals surface area contributed by atoms with Crippen molar-refractivity contribution in [1.29, 1.82) is 0 Å². The first-order chi connectivity index (χ1) is 21.1. The van der Waals surface area contributed by atoms with E-state index in [4.69, 9.17) is 9.47 Å². The average Bonchev–Trinajstić information content (AvgIpc) is 3.52. The van der Waals surface area contributed by atoms with Gasteiger partial charge in [0, 0.05) is 54.1 Å². The van der Waals surface area contributed by atoms with E-state index in [0.717, 1.165) is 30.0 Å². The molecule has 3 unspecified atom stereocenters. The second-order valence-corrected chi connectivity index (χ2v) is 12.0. The lowest BCUT2D eigenvalue weighted by atomic mass is 10.0. The van der Waals surface area contributed by atoms with Crippen molar-refractivity contribution in [3.05, 3.63) is 70.9 Å². The van der Waals surface area contributed by atoms with E-state index in [1.54, 1.807) is 29.3 Å². The van der Waals surface area contributed by atoms with E-state index in [-0.39, 0.29) is 41.3 Å². The van der Waals surface area contributed by atoms with E-state index in [0.29, 0.717) is 49.0 Å². The highest BCUT2D eigenvalue weighted by atomic mass is 19.4. The number of nitrogens with one attached hydrogen (secondary N) is 2. The number of hydrogen-bond donors (Lipinski definition) is 2. The molecular weight excluding hydrogens is 575 g/mol. The number of carbonyl (C=O) groups excluding carboxylic acids is 2. The molecule has 3 aromatic rings. The Bertz CT molecular complexity index is 1640. The number of anilines is 2. The van der Waals surface area contributed by atoms with E-state index < -0.39 is 17.6 Å². The number of halogens is 3. The highest BCUT2D eigenvalue weighted by molar-refractivity contribution is 5.96. The molecule has 4 heterocycles. The van der Waals surface area contributed by atoms with Crippen molar-refractivity contribution in [2.75, 3.05) is 37.4 Å². The molecule has 4 aliphatic rings. The topological polar surface area (TPSA) is 96.0 Å². The maximum absolute atomic E-state index is 14.2.